The predicted molar refractivity (Wildman–Crippen MR) is 259 cm³/mol. The molecule has 0 amide bonds. The number of rotatable bonds is 16. The normalized spacial score (nSPS) is 25.6. The van der Waals surface area contributed by atoms with E-state index in [-0.39, 0.29) is 38.0 Å². The second-order valence-electron chi connectivity index (χ2n) is 23.3. The molecule has 6 aliphatic rings. The molecule has 2 aromatic rings. The van der Waals surface area contributed by atoms with Crippen LogP contribution in [0.25, 0.3) is 0 Å². The van der Waals surface area contributed by atoms with Crippen LogP contribution in [-0.2, 0) is 50.9 Å². The Labute approximate surface area is 401 Å². The summed E-state index contributed by atoms with van der Waals surface area (Å²) in [5.74, 6) is 2.10. The maximum atomic E-state index is 13.2. The van der Waals surface area contributed by atoms with Gasteiger partial charge in [0.05, 0.1) is 31.8 Å². The van der Waals surface area contributed by atoms with Gasteiger partial charge in [-0.3, -0.25) is 9.59 Å². The molecular weight excluding hydrogens is 845 g/mol. The quantitative estimate of drug-likeness (QED) is 0.157. The molecule has 0 atom stereocenters. The fourth-order valence-corrected chi connectivity index (χ4v) is 12.2. The van der Waals surface area contributed by atoms with E-state index in [4.69, 9.17) is 28.4 Å². The van der Waals surface area contributed by atoms with Gasteiger partial charge in [0.15, 0.2) is 12.6 Å². The van der Waals surface area contributed by atoms with E-state index in [9.17, 15) is 19.8 Å². The maximum Gasteiger partial charge on any atom is 0.306 e. The largest absolute Gasteiger partial charge is 0.507 e. The summed E-state index contributed by atoms with van der Waals surface area (Å²) in [5, 5.41) is 23.0. The number of ether oxygens (including phenoxy) is 6. The predicted octanol–water partition coefficient (Wildman–Crippen LogP) is 12.7. The van der Waals surface area contributed by atoms with Crippen molar-refractivity contribution >= 4 is 11.9 Å². The molecular formula is C57H84O10. The van der Waals surface area contributed by atoms with E-state index in [1.165, 1.54) is 77.0 Å². The minimum Gasteiger partial charge on any atom is -0.507 e. The number of carbonyl (C=O) groups is 2. The lowest BCUT2D eigenvalue weighted by atomic mass is 9.78. The minimum absolute atomic E-state index is 0.166. The molecule has 0 radical (unpaired) electrons. The smallest absolute Gasteiger partial charge is 0.306 e. The summed E-state index contributed by atoms with van der Waals surface area (Å²) in [6, 6.07) is 8.68. The highest BCUT2D eigenvalue weighted by molar-refractivity contribution is 5.70. The van der Waals surface area contributed by atoms with E-state index in [1.807, 2.05) is 27.7 Å². The molecule has 2 N–H and O–H groups in total. The van der Waals surface area contributed by atoms with Crippen LogP contribution in [0.3, 0.4) is 0 Å². The standard InChI is InChI=1S/C57H84O10/c1-55(2,33-62-49(58)27-25-39-29-45(41-17-9-5-10-18-41)51(60)46(30-39)42-19-11-6-12-20-42)53-64-35-57(36-65-53)37-66-54(67-38-57)56(3,4)34-63-50(59)28-26-40-31-47(43-21-13-7-14-22-43)52(61)48(32-40)44-23-15-8-16-24-44/h29-32,41-44,53-54,60-61H,5-28,33-38H2,1-4H3. The molecule has 0 aromatic heterocycles. The third-order valence-electron chi connectivity index (χ3n) is 16.5. The molecule has 372 valence electrons. The van der Waals surface area contributed by atoms with Crippen LogP contribution in [0.4, 0.5) is 0 Å². The van der Waals surface area contributed by atoms with E-state index in [2.05, 4.69) is 24.3 Å². The molecule has 4 aliphatic carbocycles. The molecule has 6 fully saturated rings. The summed E-state index contributed by atoms with van der Waals surface area (Å²) in [6.07, 6.45) is 24.3. The van der Waals surface area contributed by atoms with E-state index in [1.54, 1.807) is 0 Å². The van der Waals surface area contributed by atoms with E-state index >= 15 is 0 Å². The van der Waals surface area contributed by atoms with Gasteiger partial charge in [-0.05, 0) is 121 Å². The Morgan fingerprint density at radius 3 is 1.03 bits per heavy atom. The zero-order chi connectivity index (χ0) is 47.0. The number of phenols is 2. The van der Waals surface area contributed by atoms with Gasteiger partial charge in [0.2, 0.25) is 0 Å². The first kappa shape index (κ1) is 50.2. The van der Waals surface area contributed by atoms with Gasteiger partial charge in [0.25, 0.3) is 0 Å². The van der Waals surface area contributed by atoms with Crippen LogP contribution in [0.5, 0.6) is 11.5 Å². The molecule has 8 rings (SSSR count). The molecule has 2 heterocycles. The van der Waals surface area contributed by atoms with Crippen LogP contribution < -0.4 is 0 Å². The van der Waals surface area contributed by atoms with Gasteiger partial charge in [-0.15, -0.1) is 0 Å². The third-order valence-corrected chi connectivity index (χ3v) is 16.5. The van der Waals surface area contributed by atoms with Crippen molar-refractivity contribution < 1.29 is 48.2 Å². The van der Waals surface area contributed by atoms with Crippen LogP contribution in [0, 0.1) is 16.2 Å². The summed E-state index contributed by atoms with van der Waals surface area (Å²) >= 11 is 0. The molecule has 1 spiro atoms. The van der Waals surface area contributed by atoms with Gasteiger partial charge in [-0.25, -0.2) is 0 Å². The van der Waals surface area contributed by atoms with Gasteiger partial charge in [-0.1, -0.05) is 129 Å². The Hall–Kier alpha value is -3.18. The number of phenolic OH excluding ortho intramolecular Hbond substituents is 2. The van der Waals surface area contributed by atoms with Crippen molar-refractivity contribution in [2.24, 2.45) is 16.2 Å². The number of esters is 2. The second kappa shape index (κ2) is 22.7. The van der Waals surface area contributed by atoms with Gasteiger partial charge in [0.1, 0.15) is 24.7 Å². The Bertz CT molecular complexity index is 1710. The lowest BCUT2D eigenvalue weighted by molar-refractivity contribution is -0.337. The van der Waals surface area contributed by atoms with Crippen LogP contribution in [-0.4, -0.2) is 74.4 Å². The first-order chi connectivity index (χ1) is 32.3. The summed E-state index contributed by atoms with van der Waals surface area (Å²) in [5.41, 5.74) is 4.97. The highest BCUT2D eigenvalue weighted by Gasteiger charge is 2.48. The van der Waals surface area contributed by atoms with Crippen molar-refractivity contribution in [3.63, 3.8) is 0 Å². The molecule has 67 heavy (non-hydrogen) atoms. The second-order valence-corrected chi connectivity index (χ2v) is 23.3. The molecule has 0 unspecified atom stereocenters. The highest BCUT2D eigenvalue weighted by atomic mass is 16.7. The van der Waals surface area contributed by atoms with E-state index in [0.29, 0.717) is 74.4 Å². The van der Waals surface area contributed by atoms with Crippen molar-refractivity contribution in [2.75, 3.05) is 39.6 Å². The first-order valence-electron chi connectivity index (χ1n) is 26.8. The fraction of sp³-hybridized carbons (Fsp3) is 0.754. The maximum absolute atomic E-state index is 13.2. The first-order valence-corrected chi connectivity index (χ1v) is 26.8. The van der Waals surface area contributed by atoms with Gasteiger partial charge < -0.3 is 38.6 Å². The molecule has 10 nitrogen and oxygen atoms in total. The summed E-state index contributed by atoms with van der Waals surface area (Å²) in [4.78, 5) is 26.5. The number of aryl methyl sites for hydroxylation is 2. The van der Waals surface area contributed by atoms with Gasteiger partial charge in [-0.2, -0.15) is 0 Å². The Morgan fingerprint density at radius 2 is 0.761 bits per heavy atom. The monoisotopic (exact) mass is 929 g/mol. The van der Waals surface area contributed by atoms with Gasteiger partial charge in [0, 0.05) is 23.7 Å². The number of hydrogen-bond donors (Lipinski definition) is 2. The minimum atomic E-state index is -0.583. The molecule has 2 aliphatic heterocycles. The average Bonchev–Trinajstić information content (AvgIpc) is 3.36. The lowest BCUT2D eigenvalue weighted by Crippen LogP contribution is -2.57. The Balaban J connectivity index is 0.770. The third kappa shape index (κ3) is 12.8. The molecule has 4 saturated carbocycles. The lowest BCUT2D eigenvalue weighted by Gasteiger charge is -2.48. The zero-order valence-electron chi connectivity index (χ0n) is 41.6. The zero-order valence-corrected chi connectivity index (χ0v) is 41.6. The Kier molecular flexibility index (Phi) is 17.0. The van der Waals surface area contributed by atoms with Gasteiger partial charge >= 0.3 is 11.9 Å². The van der Waals surface area contributed by atoms with Crippen LogP contribution in [0.15, 0.2) is 24.3 Å². The number of aromatic hydroxyl groups is 2. The topological polar surface area (TPSA) is 130 Å². The van der Waals surface area contributed by atoms with Crippen molar-refractivity contribution in [3.8, 4) is 11.5 Å². The number of benzene rings is 2. The molecule has 10 heteroatoms. The summed E-state index contributed by atoms with van der Waals surface area (Å²) < 4.78 is 37.1. The van der Waals surface area contributed by atoms with Crippen LogP contribution in [0.2, 0.25) is 0 Å². The van der Waals surface area contributed by atoms with Crippen molar-refractivity contribution in [1.82, 2.24) is 0 Å². The van der Waals surface area contributed by atoms with Crippen molar-refractivity contribution in [3.05, 3.63) is 57.6 Å². The highest BCUT2D eigenvalue weighted by Crippen LogP contribution is 2.47. The van der Waals surface area contributed by atoms with E-state index in [0.717, 1.165) is 84.7 Å². The number of carbonyl (C=O) groups excluding carboxylic acids is 2. The SMILES string of the molecule is CC(C)(COC(=O)CCc1cc(C2CCCCC2)c(O)c(C2CCCCC2)c1)C1OCC2(CO1)COC(C(C)(C)COC(=O)CCc1cc(C3CCCCC3)c(O)c(C3CCCCC3)c1)OC2. The molecule has 2 saturated heterocycles. The summed E-state index contributed by atoms with van der Waals surface area (Å²) in [6.45, 7) is 9.85. The molecule has 0 bridgehead atoms. The summed E-state index contributed by atoms with van der Waals surface area (Å²) in [7, 11) is 0. The van der Waals surface area contributed by atoms with Crippen LogP contribution in [0.1, 0.15) is 226 Å². The van der Waals surface area contributed by atoms with Crippen LogP contribution >= 0.6 is 0 Å². The Morgan fingerprint density at radius 1 is 0.493 bits per heavy atom. The average molecular weight is 929 g/mol. The molecule has 2 aromatic carbocycles. The van der Waals surface area contributed by atoms with Crippen molar-refractivity contribution in [2.45, 2.75) is 218 Å². The number of hydrogen-bond acceptors (Lipinski definition) is 10. The fourth-order valence-electron chi connectivity index (χ4n) is 12.2. The van der Waals surface area contributed by atoms with E-state index < -0.39 is 28.8 Å². The van der Waals surface area contributed by atoms with Crippen molar-refractivity contribution in [1.29, 1.82) is 0 Å².